The van der Waals surface area contributed by atoms with Crippen molar-refractivity contribution in [3.63, 3.8) is 0 Å². The fourth-order valence-corrected chi connectivity index (χ4v) is 2.24. The van der Waals surface area contributed by atoms with Crippen LogP contribution in [0.15, 0.2) is 23.1 Å². The van der Waals surface area contributed by atoms with E-state index in [4.69, 9.17) is 0 Å². The van der Waals surface area contributed by atoms with Crippen molar-refractivity contribution in [1.82, 2.24) is 5.32 Å². The Morgan fingerprint density at radius 3 is 2.63 bits per heavy atom. The normalized spacial score (nSPS) is 11.2. The Kier molecular flexibility index (Phi) is 5.41. The molecule has 7 heteroatoms. The van der Waals surface area contributed by atoms with Crippen molar-refractivity contribution in [3.05, 3.63) is 29.3 Å². The van der Waals surface area contributed by atoms with Crippen LogP contribution >= 0.6 is 11.8 Å². The minimum atomic E-state index is -4.55. The summed E-state index contributed by atoms with van der Waals surface area (Å²) in [5.74, 6) is -0.433. The van der Waals surface area contributed by atoms with Gasteiger partial charge in [-0.3, -0.25) is 9.59 Å². The second-order valence-electron chi connectivity index (χ2n) is 3.61. The number of benzene rings is 1. The fraction of sp³-hybridized carbons (Fsp3) is 0.333. The van der Waals surface area contributed by atoms with Crippen LogP contribution in [0.5, 0.6) is 0 Å². The smallest absolute Gasteiger partial charge is 0.356 e. The summed E-state index contributed by atoms with van der Waals surface area (Å²) in [6.45, 7) is 2.15. The van der Waals surface area contributed by atoms with E-state index in [-0.39, 0.29) is 22.1 Å². The first-order valence-corrected chi connectivity index (χ1v) is 6.43. The molecule has 0 saturated heterocycles. The first-order chi connectivity index (χ1) is 8.88. The molecule has 0 saturated carbocycles. The van der Waals surface area contributed by atoms with Gasteiger partial charge in [0.15, 0.2) is 0 Å². The topological polar surface area (TPSA) is 46.2 Å². The average molecular weight is 291 g/mol. The molecule has 0 fully saturated rings. The van der Waals surface area contributed by atoms with Gasteiger partial charge in [-0.15, -0.1) is 11.8 Å². The van der Waals surface area contributed by atoms with Crippen molar-refractivity contribution in [3.8, 4) is 0 Å². The summed E-state index contributed by atoms with van der Waals surface area (Å²) in [5, 5.41) is 2.50. The summed E-state index contributed by atoms with van der Waals surface area (Å²) in [6.07, 6.45) is -4.20. The van der Waals surface area contributed by atoms with Crippen molar-refractivity contribution in [2.75, 3.05) is 12.3 Å². The number of alkyl halides is 3. The number of thioether (sulfide) groups is 1. The molecule has 0 heterocycles. The van der Waals surface area contributed by atoms with E-state index >= 15 is 0 Å². The number of aldehydes is 1. The molecular formula is C12H12F3NO2S. The third-order valence-corrected chi connectivity index (χ3v) is 3.25. The number of amides is 1. The Morgan fingerprint density at radius 1 is 1.42 bits per heavy atom. The van der Waals surface area contributed by atoms with Crippen LogP contribution in [0.4, 0.5) is 13.2 Å². The van der Waals surface area contributed by atoms with Crippen LogP contribution in [-0.4, -0.2) is 24.5 Å². The fourth-order valence-electron chi connectivity index (χ4n) is 1.36. The zero-order chi connectivity index (χ0) is 14.5. The maximum Gasteiger partial charge on any atom is 0.417 e. The van der Waals surface area contributed by atoms with Crippen molar-refractivity contribution < 1.29 is 22.8 Å². The number of carbonyl (C=O) groups is 2. The summed E-state index contributed by atoms with van der Waals surface area (Å²) in [4.78, 5) is 21.7. The number of carbonyl (C=O) groups excluding carboxylic acids is 2. The predicted molar refractivity (Wildman–Crippen MR) is 66.2 cm³/mol. The van der Waals surface area contributed by atoms with E-state index in [0.29, 0.717) is 12.8 Å². The maximum absolute atomic E-state index is 12.8. The Bertz CT molecular complexity index is 475. The van der Waals surface area contributed by atoms with Crippen LogP contribution < -0.4 is 5.32 Å². The van der Waals surface area contributed by atoms with Gasteiger partial charge in [-0.05, 0) is 19.1 Å². The van der Waals surface area contributed by atoms with E-state index in [9.17, 15) is 22.8 Å². The average Bonchev–Trinajstić information content (AvgIpc) is 2.35. The largest absolute Gasteiger partial charge is 0.417 e. The van der Waals surface area contributed by atoms with E-state index in [1.165, 1.54) is 12.1 Å². The lowest BCUT2D eigenvalue weighted by Crippen LogP contribution is -2.24. The van der Waals surface area contributed by atoms with Crippen molar-refractivity contribution in [1.29, 1.82) is 0 Å². The van der Waals surface area contributed by atoms with Crippen LogP contribution in [0.25, 0.3) is 0 Å². The maximum atomic E-state index is 12.8. The first kappa shape index (κ1) is 15.6. The molecule has 3 nitrogen and oxygen atoms in total. The van der Waals surface area contributed by atoms with Crippen molar-refractivity contribution in [2.24, 2.45) is 0 Å². The Balaban J connectivity index is 2.94. The number of hydrogen-bond acceptors (Lipinski definition) is 3. The lowest BCUT2D eigenvalue weighted by Gasteiger charge is -2.12. The van der Waals surface area contributed by atoms with Crippen LogP contribution in [0.3, 0.4) is 0 Å². The molecule has 0 unspecified atom stereocenters. The second-order valence-corrected chi connectivity index (χ2v) is 4.63. The number of hydrogen-bond donors (Lipinski definition) is 1. The molecule has 0 bridgehead atoms. The molecular weight excluding hydrogens is 279 g/mol. The summed E-state index contributed by atoms with van der Waals surface area (Å²) < 4.78 is 38.4. The molecule has 0 atom stereocenters. The molecule has 19 heavy (non-hydrogen) atoms. The lowest BCUT2D eigenvalue weighted by molar-refractivity contribution is -0.139. The van der Waals surface area contributed by atoms with Gasteiger partial charge < -0.3 is 5.32 Å². The summed E-state index contributed by atoms with van der Waals surface area (Å²) in [6, 6.07) is 3.28. The molecule has 1 N–H and O–H groups in total. The Hall–Kier alpha value is -1.50. The molecule has 1 amide bonds. The molecule has 0 radical (unpaired) electrons. The van der Waals surface area contributed by atoms with Gasteiger partial charge in [0.2, 0.25) is 5.91 Å². The third-order valence-electron chi connectivity index (χ3n) is 2.18. The minimum Gasteiger partial charge on any atom is -0.356 e. The van der Waals surface area contributed by atoms with E-state index in [1.54, 1.807) is 6.92 Å². The van der Waals surface area contributed by atoms with Crippen LogP contribution in [-0.2, 0) is 11.0 Å². The highest BCUT2D eigenvalue weighted by Crippen LogP contribution is 2.37. The van der Waals surface area contributed by atoms with Crippen LogP contribution in [0.2, 0.25) is 0 Å². The third kappa shape index (κ3) is 4.59. The summed E-state index contributed by atoms with van der Waals surface area (Å²) >= 11 is 0.793. The lowest BCUT2D eigenvalue weighted by atomic mass is 10.1. The van der Waals surface area contributed by atoms with Gasteiger partial charge in [0.25, 0.3) is 0 Å². The Morgan fingerprint density at radius 2 is 2.11 bits per heavy atom. The zero-order valence-corrected chi connectivity index (χ0v) is 10.9. The van der Waals surface area contributed by atoms with E-state index in [0.717, 1.165) is 17.8 Å². The van der Waals surface area contributed by atoms with Crippen molar-refractivity contribution >= 4 is 24.0 Å². The molecule has 104 valence electrons. The van der Waals surface area contributed by atoms with E-state index in [1.807, 2.05) is 0 Å². The highest BCUT2D eigenvalue weighted by Gasteiger charge is 2.33. The quantitative estimate of drug-likeness (QED) is 0.670. The molecule has 0 aromatic heterocycles. The van der Waals surface area contributed by atoms with Gasteiger partial charge in [-0.2, -0.15) is 13.2 Å². The van der Waals surface area contributed by atoms with Crippen molar-refractivity contribution in [2.45, 2.75) is 18.0 Å². The second kappa shape index (κ2) is 6.60. The standard InChI is InChI=1S/C12H12F3NO2S/c1-2-16-11(18)7-19-10-4-3-8(6-17)5-9(10)12(13,14)15/h3-6H,2,7H2,1H3,(H,16,18). The molecule has 0 spiro atoms. The van der Waals surface area contributed by atoms with Gasteiger partial charge in [0.1, 0.15) is 6.29 Å². The van der Waals surface area contributed by atoms with Gasteiger partial charge in [0.05, 0.1) is 11.3 Å². The van der Waals surface area contributed by atoms with E-state index < -0.39 is 11.7 Å². The highest BCUT2D eigenvalue weighted by atomic mass is 32.2. The van der Waals surface area contributed by atoms with Gasteiger partial charge in [-0.1, -0.05) is 6.07 Å². The SMILES string of the molecule is CCNC(=O)CSc1ccc(C=O)cc1C(F)(F)F. The predicted octanol–water partition coefficient (Wildman–Crippen LogP) is 2.75. The molecule has 0 aliphatic carbocycles. The first-order valence-electron chi connectivity index (χ1n) is 5.44. The molecule has 1 rings (SSSR count). The van der Waals surface area contributed by atoms with Gasteiger partial charge in [-0.25, -0.2) is 0 Å². The van der Waals surface area contributed by atoms with Gasteiger partial charge in [0, 0.05) is 17.0 Å². The molecule has 1 aromatic carbocycles. The minimum absolute atomic E-state index is 0.0466. The number of rotatable bonds is 5. The summed E-state index contributed by atoms with van der Waals surface area (Å²) in [7, 11) is 0. The molecule has 0 aliphatic rings. The number of halogens is 3. The van der Waals surface area contributed by atoms with Crippen LogP contribution in [0.1, 0.15) is 22.8 Å². The monoisotopic (exact) mass is 291 g/mol. The Labute approximate surface area is 112 Å². The summed E-state index contributed by atoms with van der Waals surface area (Å²) in [5.41, 5.74) is -0.943. The molecule has 1 aromatic rings. The number of nitrogens with one attached hydrogen (secondary N) is 1. The van der Waals surface area contributed by atoms with Crippen LogP contribution in [0, 0.1) is 0 Å². The highest BCUT2D eigenvalue weighted by molar-refractivity contribution is 8.00. The molecule has 0 aliphatic heterocycles. The van der Waals surface area contributed by atoms with Gasteiger partial charge >= 0.3 is 6.18 Å². The zero-order valence-electron chi connectivity index (χ0n) is 10.1. The van der Waals surface area contributed by atoms with E-state index in [2.05, 4.69) is 5.32 Å².